The van der Waals surface area contributed by atoms with Crippen molar-refractivity contribution in [3.05, 3.63) is 102 Å². The van der Waals surface area contributed by atoms with Gasteiger partial charge in [0.2, 0.25) is 0 Å². The Balaban J connectivity index is 1.72. The number of esters is 1. The first-order valence-corrected chi connectivity index (χ1v) is 9.67. The average molecular weight is 386 g/mol. The van der Waals surface area contributed by atoms with Crippen molar-refractivity contribution in [2.75, 3.05) is 0 Å². The zero-order chi connectivity index (χ0) is 20.4. The van der Waals surface area contributed by atoms with Crippen LogP contribution in [0.25, 0.3) is 0 Å². The lowest BCUT2D eigenvalue weighted by molar-refractivity contribution is -0.158. The second kappa shape index (κ2) is 7.92. The van der Waals surface area contributed by atoms with E-state index in [1.54, 1.807) is 12.1 Å². The number of carboxylic acids is 1. The Morgan fingerprint density at radius 2 is 1.31 bits per heavy atom. The zero-order valence-electron chi connectivity index (χ0n) is 16.1. The quantitative estimate of drug-likeness (QED) is 0.505. The Bertz CT molecular complexity index is 966. The van der Waals surface area contributed by atoms with Gasteiger partial charge in [-0.1, -0.05) is 72.8 Å². The molecule has 0 radical (unpaired) electrons. The third kappa shape index (κ3) is 3.66. The van der Waals surface area contributed by atoms with Crippen LogP contribution in [0, 0.1) is 18.8 Å². The van der Waals surface area contributed by atoms with Crippen LogP contribution in [0.2, 0.25) is 0 Å². The molecule has 0 bridgehead atoms. The van der Waals surface area contributed by atoms with E-state index < -0.39 is 35.6 Å². The Morgan fingerprint density at radius 1 is 0.759 bits per heavy atom. The molecular weight excluding hydrogens is 364 g/mol. The second-order valence-electron chi connectivity index (χ2n) is 7.50. The summed E-state index contributed by atoms with van der Waals surface area (Å²) in [6, 6.07) is 26.1. The molecule has 1 saturated carbocycles. The first kappa shape index (κ1) is 18.9. The maximum absolute atomic E-state index is 13.2. The van der Waals surface area contributed by atoms with Crippen LogP contribution >= 0.6 is 0 Å². The summed E-state index contributed by atoms with van der Waals surface area (Å²) in [4.78, 5) is 25.4. The van der Waals surface area contributed by atoms with E-state index in [4.69, 9.17) is 4.74 Å². The normalized spacial score (nSPS) is 23.1. The maximum atomic E-state index is 13.2. The van der Waals surface area contributed by atoms with Crippen molar-refractivity contribution in [1.29, 1.82) is 0 Å². The molecule has 4 rings (SSSR count). The highest BCUT2D eigenvalue weighted by Gasteiger charge is 2.59. The molecule has 1 aliphatic rings. The highest BCUT2D eigenvalue weighted by atomic mass is 16.5. The average Bonchev–Trinajstić information content (AvgIpc) is 2.68. The van der Waals surface area contributed by atoms with Crippen LogP contribution in [0.15, 0.2) is 84.9 Å². The molecule has 1 N–H and O–H groups in total. The molecule has 0 saturated heterocycles. The third-order valence-corrected chi connectivity index (χ3v) is 5.68. The summed E-state index contributed by atoms with van der Waals surface area (Å²) in [6.07, 6.45) is 0. The molecule has 0 heterocycles. The summed E-state index contributed by atoms with van der Waals surface area (Å²) in [5.41, 5.74) is 2.68. The van der Waals surface area contributed by atoms with E-state index in [0.717, 1.165) is 16.7 Å². The van der Waals surface area contributed by atoms with Gasteiger partial charge in [-0.3, -0.25) is 9.59 Å². The SMILES string of the molecule is Cc1cccc(OC(=O)C2[C@H](c3ccccc3)C(C(=O)O)[C@@H]2c2ccccc2)c1. The fourth-order valence-corrected chi connectivity index (χ4v) is 4.39. The summed E-state index contributed by atoms with van der Waals surface area (Å²) in [7, 11) is 0. The summed E-state index contributed by atoms with van der Waals surface area (Å²) in [5, 5.41) is 9.97. The predicted molar refractivity (Wildman–Crippen MR) is 110 cm³/mol. The number of carbonyl (C=O) groups excluding carboxylic acids is 1. The van der Waals surface area contributed by atoms with Crippen LogP contribution in [0.4, 0.5) is 0 Å². The minimum Gasteiger partial charge on any atom is -0.481 e. The lowest BCUT2D eigenvalue weighted by Crippen LogP contribution is -2.52. The van der Waals surface area contributed by atoms with Crippen molar-refractivity contribution in [3.63, 3.8) is 0 Å². The number of hydrogen-bond acceptors (Lipinski definition) is 3. The third-order valence-electron chi connectivity index (χ3n) is 5.68. The molecule has 2 unspecified atom stereocenters. The van der Waals surface area contributed by atoms with Gasteiger partial charge < -0.3 is 9.84 Å². The minimum atomic E-state index is -0.896. The van der Waals surface area contributed by atoms with Gasteiger partial charge in [0.15, 0.2) is 0 Å². The van der Waals surface area contributed by atoms with Crippen LogP contribution < -0.4 is 4.74 Å². The molecule has 3 aromatic carbocycles. The number of aliphatic carboxylic acids is 1. The minimum absolute atomic E-state index is 0.393. The molecule has 4 nitrogen and oxygen atoms in total. The van der Waals surface area contributed by atoms with Gasteiger partial charge >= 0.3 is 11.9 Å². The molecule has 4 atom stereocenters. The van der Waals surface area contributed by atoms with Gasteiger partial charge in [-0.05, 0) is 35.7 Å². The molecule has 0 spiro atoms. The van der Waals surface area contributed by atoms with Crippen LogP contribution in [-0.4, -0.2) is 17.0 Å². The molecule has 146 valence electrons. The van der Waals surface area contributed by atoms with Crippen molar-refractivity contribution in [1.82, 2.24) is 0 Å². The lowest BCUT2D eigenvalue weighted by Gasteiger charge is -2.48. The van der Waals surface area contributed by atoms with E-state index in [2.05, 4.69) is 0 Å². The van der Waals surface area contributed by atoms with Crippen LogP contribution in [0.5, 0.6) is 5.75 Å². The maximum Gasteiger partial charge on any atom is 0.315 e. The fourth-order valence-electron chi connectivity index (χ4n) is 4.39. The Morgan fingerprint density at radius 3 is 1.79 bits per heavy atom. The molecule has 4 heteroatoms. The number of benzene rings is 3. The number of rotatable bonds is 5. The fraction of sp³-hybridized carbons (Fsp3) is 0.200. The molecular formula is C25H22O4. The highest BCUT2D eigenvalue weighted by molar-refractivity contribution is 5.85. The zero-order valence-corrected chi connectivity index (χ0v) is 16.1. The summed E-state index contributed by atoms with van der Waals surface area (Å²) in [5.74, 6) is -2.93. The van der Waals surface area contributed by atoms with E-state index in [0.29, 0.717) is 5.75 Å². The second-order valence-corrected chi connectivity index (χ2v) is 7.50. The Hall–Kier alpha value is -3.40. The van der Waals surface area contributed by atoms with Crippen molar-refractivity contribution < 1.29 is 19.4 Å². The number of aryl methyl sites for hydroxylation is 1. The van der Waals surface area contributed by atoms with Gasteiger partial charge in [0.1, 0.15) is 5.75 Å². The smallest absolute Gasteiger partial charge is 0.315 e. The Kier molecular flexibility index (Phi) is 5.17. The van der Waals surface area contributed by atoms with Crippen LogP contribution in [0.3, 0.4) is 0 Å². The van der Waals surface area contributed by atoms with Gasteiger partial charge in [0.05, 0.1) is 11.8 Å². The van der Waals surface area contributed by atoms with E-state index in [-0.39, 0.29) is 0 Å². The first-order chi connectivity index (χ1) is 14.1. The number of carboxylic acid groups (broad SMARTS) is 1. The molecule has 1 fully saturated rings. The topological polar surface area (TPSA) is 63.6 Å². The lowest BCUT2D eigenvalue weighted by atomic mass is 9.52. The van der Waals surface area contributed by atoms with Crippen LogP contribution in [-0.2, 0) is 9.59 Å². The number of carbonyl (C=O) groups is 2. The summed E-state index contributed by atoms with van der Waals surface area (Å²) in [6.45, 7) is 1.93. The standard InChI is InChI=1S/C25H22O4/c1-16-9-8-14-19(15-16)29-25(28)23-20(17-10-4-2-5-11-17)22(24(26)27)21(23)18-12-6-3-7-13-18/h2-15,20-23H,1H3,(H,26,27)/t20-,21+,22?,23?. The van der Waals surface area contributed by atoms with E-state index in [9.17, 15) is 14.7 Å². The van der Waals surface area contributed by atoms with Gasteiger partial charge in [-0.15, -0.1) is 0 Å². The summed E-state index contributed by atoms with van der Waals surface area (Å²) >= 11 is 0. The highest BCUT2D eigenvalue weighted by Crippen LogP contribution is 2.58. The molecule has 3 aromatic rings. The molecule has 0 aliphatic heterocycles. The summed E-state index contributed by atoms with van der Waals surface area (Å²) < 4.78 is 5.70. The van der Waals surface area contributed by atoms with Crippen molar-refractivity contribution in [2.24, 2.45) is 11.8 Å². The molecule has 29 heavy (non-hydrogen) atoms. The molecule has 0 amide bonds. The number of hydrogen-bond donors (Lipinski definition) is 1. The van der Waals surface area contributed by atoms with Crippen molar-refractivity contribution >= 4 is 11.9 Å². The molecule has 1 aliphatic carbocycles. The van der Waals surface area contributed by atoms with Crippen molar-refractivity contribution in [3.8, 4) is 5.75 Å². The first-order valence-electron chi connectivity index (χ1n) is 9.67. The van der Waals surface area contributed by atoms with Crippen molar-refractivity contribution in [2.45, 2.75) is 18.8 Å². The van der Waals surface area contributed by atoms with Gasteiger partial charge in [0.25, 0.3) is 0 Å². The van der Waals surface area contributed by atoms with E-state index in [1.165, 1.54) is 0 Å². The largest absolute Gasteiger partial charge is 0.481 e. The van der Waals surface area contributed by atoms with Gasteiger partial charge in [-0.2, -0.15) is 0 Å². The van der Waals surface area contributed by atoms with Gasteiger partial charge in [-0.25, -0.2) is 0 Å². The Labute approximate surface area is 169 Å². The number of ether oxygens (including phenoxy) is 1. The van der Waals surface area contributed by atoms with E-state index >= 15 is 0 Å². The monoisotopic (exact) mass is 386 g/mol. The molecule has 0 aromatic heterocycles. The van der Waals surface area contributed by atoms with Gasteiger partial charge in [0, 0.05) is 11.8 Å². The predicted octanol–water partition coefficient (Wildman–Crippen LogP) is 4.80. The van der Waals surface area contributed by atoms with Crippen LogP contribution in [0.1, 0.15) is 28.5 Å². The van der Waals surface area contributed by atoms with E-state index in [1.807, 2.05) is 79.7 Å².